The van der Waals surface area contributed by atoms with Gasteiger partial charge in [-0.1, -0.05) is 60.9 Å². The molecule has 0 spiro atoms. The molecule has 37 heavy (non-hydrogen) atoms. The van der Waals surface area contributed by atoms with Crippen LogP contribution in [0.15, 0.2) is 66.7 Å². The van der Waals surface area contributed by atoms with Crippen LogP contribution in [0.3, 0.4) is 0 Å². The van der Waals surface area contributed by atoms with E-state index >= 15 is 0 Å². The van der Waals surface area contributed by atoms with Gasteiger partial charge in [-0.3, -0.25) is 9.59 Å². The van der Waals surface area contributed by atoms with Crippen LogP contribution in [0.2, 0.25) is 0 Å². The van der Waals surface area contributed by atoms with Crippen molar-refractivity contribution in [1.29, 1.82) is 0 Å². The normalized spacial score (nSPS) is 17.4. The van der Waals surface area contributed by atoms with Crippen LogP contribution >= 0.6 is 0 Å². The zero-order chi connectivity index (χ0) is 25.8. The van der Waals surface area contributed by atoms with Crippen LogP contribution in [0.1, 0.15) is 59.5 Å². The van der Waals surface area contributed by atoms with Crippen LogP contribution < -0.4 is 10.1 Å². The third-order valence-electron chi connectivity index (χ3n) is 7.46. The second-order valence-electron chi connectivity index (χ2n) is 10.1. The molecule has 1 fully saturated rings. The van der Waals surface area contributed by atoms with Gasteiger partial charge in [-0.2, -0.15) is 0 Å². The first-order chi connectivity index (χ1) is 18.0. The van der Waals surface area contributed by atoms with E-state index in [1.54, 1.807) is 12.1 Å². The van der Waals surface area contributed by atoms with Gasteiger partial charge in [-0.05, 0) is 72.7 Å². The van der Waals surface area contributed by atoms with Gasteiger partial charge in [-0.25, -0.2) is 4.39 Å². The fraction of sp³-hybridized carbons (Fsp3) is 0.355. The molecular weight excluding hydrogens is 467 g/mol. The molecular formula is C31H33FN2O3. The number of hydrogen-bond donors (Lipinski definition) is 1. The largest absolute Gasteiger partial charge is 0.484 e. The highest BCUT2D eigenvalue weighted by Crippen LogP contribution is 2.39. The van der Waals surface area contributed by atoms with Crippen molar-refractivity contribution in [3.05, 3.63) is 100 Å². The number of hydrogen-bond acceptors (Lipinski definition) is 3. The van der Waals surface area contributed by atoms with Gasteiger partial charge >= 0.3 is 0 Å². The maximum atomic E-state index is 13.6. The highest BCUT2D eigenvalue weighted by atomic mass is 19.1. The number of ether oxygens (including phenoxy) is 1. The van der Waals surface area contributed by atoms with Crippen LogP contribution in [0.5, 0.6) is 5.75 Å². The third-order valence-corrected chi connectivity index (χ3v) is 7.46. The summed E-state index contributed by atoms with van der Waals surface area (Å²) in [6, 6.07) is 20.2. The van der Waals surface area contributed by atoms with Crippen molar-refractivity contribution in [1.82, 2.24) is 10.2 Å². The zero-order valence-corrected chi connectivity index (χ0v) is 21.2. The Labute approximate surface area is 217 Å². The van der Waals surface area contributed by atoms with E-state index in [0.717, 1.165) is 54.4 Å². The van der Waals surface area contributed by atoms with Gasteiger partial charge in [0.05, 0.1) is 6.04 Å². The molecule has 1 aliphatic carbocycles. The number of halogens is 1. The summed E-state index contributed by atoms with van der Waals surface area (Å²) in [5, 5.41) is 2.81. The molecule has 1 saturated carbocycles. The van der Waals surface area contributed by atoms with Crippen molar-refractivity contribution in [2.75, 3.05) is 13.2 Å². The van der Waals surface area contributed by atoms with Crippen LogP contribution in [0.4, 0.5) is 4.39 Å². The Morgan fingerprint density at radius 3 is 2.57 bits per heavy atom. The Morgan fingerprint density at radius 2 is 1.81 bits per heavy atom. The predicted octanol–water partition coefficient (Wildman–Crippen LogP) is 5.49. The van der Waals surface area contributed by atoms with Gasteiger partial charge in [0.25, 0.3) is 5.91 Å². The lowest BCUT2D eigenvalue weighted by Gasteiger charge is -2.39. The maximum absolute atomic E-state index is 13.6. The fourth-order valence-corrected chi connectivity index (χ4v) is 5.53. The average molecular weight is 501 g/mol. The van der Waals surface area contributed by atoms with Crippen LogP contribution in [-0.2, 0) is 22.6 Å². The van der Waals surface area contributed by atoms with Crippen molar-refractivity contribution in [2.24, 2.45) is 5.92 Å². The topological polar surface area (TPSA) is 58.6 Å². The molecule has 6 heteroatoms. The Kier molecular flexibility index (Phi) is 7.54. The van der Waals surface area contributed by atoms with Crippen molar-refractivity contribution >= 4 is 11.8 Å². The van der Waals surface area contributed by atoms with E-state index in [1.807, 2.05) is 18.2 Å². The van der Waals surface area contributed by atoms with E-state index in [1.165, 1.54) is 17.7 Å². The number of carbonyl (C=O) groups excluding carboxylic acids is 2. The Hall–Kier alpha value is -3.67. The van der Waals surface area contributed by atoms with E-state index in [0.29, 0.717) is 18.8 Å². The van der Waals surface area contributed by atoms with Gasteiger partial charge in [0.1, 0.15) is 11.6 Å². The van der Waals surface area contributed by atoms with E-state index in [-0.39, 0.29) is 36.2 Å². The first kappa shape index (κ1) is 25.0. The predicted molar refractivity (Wildman–Crippen MR) is 141 cm³/mol. The number of aryl methyl sites for hydroxylation is 1. The van der Waals surface area contributed by atoms with E-state index < -0.39 is 0 Å². The van der Waals surface area contributed by atoms with Gasteiger partial charge in [-0.15, -0.1) is 0 Å². The molecule has 2 aliphatic rings. The summed E-state index contributed by atoms with van der Waals surface area (Å²) in [6.45, 7) is 2.95. The highest BCUT2D eigenvalue weighted by molar-refractivity contribution is 5.80. The standard InChI is InChI=1S/C31H33FN2O3/c1-21-5-4-8-25(17-21)30-28-18-27(37-20-29(35)33-19-22-9-12-26(32)13-10-22)14-11-23(28)15-16-34(30)31(36)24-6-2-3-7-24/h4-5,8-14,17-18,24,30H,2-3,6-7,15-16,19-20H2,1H3,(H,33,35). The lowest BCUT2D eigenvalue weighted by molar-refractivity contribution is -0.137. The van der Waals surface area contributed by atoms with Crippen molar-refractivity contribution < 1.29 is 18.7 Å². The number of fused-ring (bicyclic) bond motifs is 1. The zero-order valence-electron chi connectivity index (χ0n) is 21.2. The van der Waals surface area contributed by atoms with Gasteiger partial charge in [0.15, 0.2) is 6.61 Å². The van der Waals surface area contributed by atoms with Gasteiger partial charge < -0.3 is 15.0 Å². The quantitative estimate of drug-likeness (QED) is 0.467. The molecule has 0 aromatic heterocycles. The van der Waals surface area contributed by atoms with Crippen molar-refractivity contribution in [2.45, 2.75) is 51.6 Å². The molecule has 192 valence electrons. The first-order valence-corrected chi connectivity index (χ1v) is 13.1. The van der Waals surface area contributed by atoms with Gasteiger partial charge in [0.2, 0.25) is 5.91 Å². The summed E-state index contributed by atoms with van der Waals surface area (Å²) in [4.78, 5) is 28.1. The minimum Gasteiger partial charge on any atom is -0.484 e. The summed E-state index contributed by atoms with van der Waals surface area (Å²) in [5.74, 6) is 0.399. The fourth-order valence-electron chi connectivity index (χ4n) is 5.53. The second kappa shape index (κ2) is 11.2. The molecule has 2 amide bonds. The molecule has 3 aromatic rings. The summed E-state index contributed by atoms with van der Waals surface area (Å²) < 4.78 is 19.0. The first-order valence-electron chi connectivity index (χ1n) is 13.1. The number of carbonyl (C=O) groups is 2. The number of benzene rings is 3. The maximum Gasteiger partial charge on any atom is 0.258 e. The van der Waals surface area contributed by atoms with E-state index in [4.69, 9.17) is 4.74 Å². The Bertz CT molecular complexity index is 1270. The van der Waals surface area contributed by atoms with Gasteiger partial charge in [0, 0.05) is 19.0 Å². The molecule has 0 saturated heterocycles. The Balaban J connectivity index is 1.33. The van der Waals surface area contributed by atoms with Crippen molar-refractivity contribution in [3.8, 4) is 5.75 Å². The number of nitrogens with one attached hydrogen (secondary N) is 1. The monoisotopic (exact) mass is 500 g/mol. The molecule has 5 nitrogen and oxygen atoms in total. The number of rotatable bonds is 7. The smallest absolute Gasteiger partial charge is 0.258 e. The number of amides is 2. The summed E-state index contributed by atoms with van der Waals surface area (Å²) in [7, 11) is 0. The molecule has 1 unspecified atom stereocenters. The second-order valence-corrected chi connectivity index (χ2v) is 10.1. The minimum atomic E-state index is -0.307. The average Bonchev–Trinajstić information content (AvgIpc) is 3.45. The highest BCUT2D eigenvalue weighted by Gasteiger charge is 2.36. The third kappa shape index (κ3) is 5.85. The molecule has 0 bridgehead atoms. The van der Waals surface area contributed by atoms with E-state index in [2.05, 4.69) is 41.4 Å². The minimum absolute atomic E-state index is 0.109. The van der Waals surface area contributed by atoms with Crippen molar-refractivity contribution in [3.63, 3.8) is 0 Å². The molecule has 1 aliphatic heterocycles. The summed E-state index contributed by atoms with van der Waals surface area (Å²) in [5.41, 5.74) is 5.34. The number of nitrogens with zero attached hydrogens (tertiary/aromatic N) is 1. The molecule has 3 aromatic carbocycles. The molecule has 0 radical (unpaired) electrons. The molecule has 5 rings (SSSR count). The van der Waals surface area contributed by atoms with Crippen LogP contribution in [0, 0.1) is 18.7 Å². The van der Waals surface area contributed by atoms with Crippen LogP contribution in [-0.4, -0.2) is 29.9 Å². The lowest BCUT2D eigenvalue weighted by atomic mass is 9.86. The molecule has 1 atom stereocenters. The van der Waals surface area contributed by atoms with E-state index in [9.17, 15) is 14.0 Å². The molecule has 1 N–H and O–H groups in total. The SMILES string of the molecule is Cc1cccc(C2c3cc(OCC(=O)NCc4ccc(F)cc4)ccc3CCN2C(=O)C2CCCC2)c1. The summed E-state index contributed by atoms with van der Waals surface area (Å²) >= 11 is 0. The van der Waals surface area contributed by atoms with Crippen LogP contribution in [0.25, 0.3) is 0 Å². The molecule has 1 heterocycles. The summed E-state index contributed by atoms with van der Waals surface area (Å²) in [6.07, 6.45) is 4.99. The lowest BCUT2D eigenvalue weighted by Crippen LogP contribution is -2.43. The Morgan fingerprint density at radius 1 is 1.03 bits per heavy atom.